The van der Waals surface area contributed by atoms with Crippen LogP contribution < -0.4 is 0 Å². The van der Waals surface area contributed by atoms with Gasteiger partial charge in [-0.1, -0.05) is 0 Å². The number of ketones is 1. The standard InChI is InChI=1S/C10H12N4O/c1-14-9(12-7-13-14)5-10(6-11)4-2-3-8(10)15/h7H,2-5H2,1H3. The van der Waals surface area contributed by atoms with E-state index in [1.807, 2.05) is 0 Å². The van der Waals surface area contributed by atoms with Crippen LogP contribution in [-0.2, 0) is 18.3 Å². The summed E-state index contributed by atoms with van der Waals surface area (Å²) in [6.45, 7) is 0. The van der Waals surface area contributed by atoms with E-state index in [9.17, 15) is 4.79 Å². The van der Waals surface area contributed by atoms with Gasteiger partial charge in [0, 0.05) is 19.9 Å². The molecule has 1 aromatic rings. The number of aromatic nitrogens is 3. The minimum absolute atomic E-state index is 0.0491. The molecule has 1 aliphatic rings. The SMILES string of the molecule is Cn1ncnc1CC1(C#N)CCCC1=O. The fourth-order valence-electron chi connectivity index (χ4n) is 2.02. The van der Waals surface area contributed by atoms with Gasteiger partial charge in [-0.2, -0.15) is 10.4 Å². The second-order valence-electron chi connectivity index (χ2n) is 3.95. The summed E-state index contributed by atoms with van der Waals surface area (Å²) < 4.78 is 1.62. The van der Waals surface area contributed by atoms with E-state index in [2.05, 4.69) is 16.2 Å². The van der Waals surface area contributed by atoms with Crippen LogP contribution in [0.5, 0.6) is 0 Å². The molecule has 0 saturated heterocycles. The van der Waals surface area contributed by atoms with Gasteiger partial charge in [-0.05, 0) is 12.8 Å². The van der Waals surface area contributed by atoms with Crippen LogP contribution in [-0.4, -0.2) is 20.5 Å². The molecule has 15 heavy (non-hydrogen) atoms. The number of Topliss-reactive ketones (excluding diaryl/α,β-unsaturated/α-hetero) is 1. The lowest BCUT2D eigenvalue weighted by Crippen LogP contribution is -2.27. The zero-order valence-electron chi connectivity index (χ0n) is 8.60. The van der Waals surface area contributed by atoms with Gasteiger partial charge in [0.2, 0.25) is 0 Å². The summed E-state index contributed by atoms with van der Waals surface area (Å²) in [7, 11) is 1.77. The summed E-state index contributed by atoms with van der Waals surface area (Å²) in [5.74, 6) is 0.750. The second-order valence-corrected chi connectivity index (χ2v) is 3.95. The fourth-order valence-corrected chi connectivity index (χ4v) is 2.02. The molecule has 5 heteroatoms. The molecule has 0 radical (unpaired) electrons. The smallest absolute Gasteiger partial charge is 0.153 e. The van der Waals surface area contributed by atoms with Crippen LogP contribution in [0.4, 0.5) is 0 Å². The molecule has 0 amide bonds. The molecular weight excluding hydrogens is 192 g/mol. The lowest BCUT2D eigenvalue weighted by atomic mass is 9.83. The molecular formula is C10H12N4O. The molecule has 0 bridgehead atoms. The minimum Gasteiger partial charge on any atom is -0.298 e. The van der Waals surface area contributed by atoms with Gasteiger partial charge in [0.1, 0.15) is 17.6 Å². The number of rotatable bonds is 2. The number of hydrogen-bond acceptors (Lipinski definition) is 4. The van der Waals surface area contributed by atoms with Crippen LogP contribution in [0.15, 0.2) is 6.33 Å². The van der Waals surface area contributed by atoms with Gasteiger partial charge in [0.25, 0.3) is 0 Å². The van der Waals surface area contributed by atoms with E-state index in [4.69, 9.17) is 5.26 Å². The summed E-state index contributed by atoms with van der Waals surface area (Å²) in [5.41, 5.74) is -0.846. The summed E-state index contributed by atoms with van der Waals surface area (Å²) in [5, 5.41) is 13.1. The Hall–Kier alpha value is -1.70. The molecule has 0 aliphatic heterocycles. The van der Waals surface area contributed by atoms with Crippen molar-refractivity contribution < 1.29 is 4.79 Å². The van der Waals surface area contributed by atoms with Crippen molar-refractivity contribution >= 4 is 5.78 Å². The van der Waals surface area contributed by atoms with Gasteiger partial charge in [-0.15, -0.1) is 0 Å². The van der Waals surface area contributed by atoms with Crippen LogP contribution in [0, 0.1) is 16.7 Å². The lowest BCUT2D eigenvalue weighted by molar-refractivity contribution is -0.123. The summed E-state index contributed by atoms with van der Waals surface area (Å²) in [6.07, 6.45) is 3.81. The highest BCUT2D eigenvalue weighted by atomic mass is 16.1. The van der Waals surface area contributed by atoms with E-state index in [0.717, 1.165) is 6.42 Å². The van der Waals surface area contributed by atoms with Crippen LogP contribution >= 0.6 is 0 Å². The quantitative estimate of drug-likeness (QED) is 0.708. The molecule has 1 aromatic heterocycles. The normalized spacial score (nSPS) is 25.5. The molecule has 1 unspecified atom stereocenters. The van der Waals surface area contributed by atoms with E-state index in [1.54, 1.807) is 11.7 Å². The molecule has 1 heterocycles. The number of carbonyl (C=O) groups is 1. The molecule has 1 atom stereocenters. The summed E-state index contributed by atoms with van der Waals surface area (Å²) in [6, 6.07) is 2.16. The summed E-state index contributed by atoms with van der Waals surface area (Å²) >= 11 is 0. The first-order chi connectivity index (χ1) is 7.18. The van der Waals surface area contributed by atoms with Crippen molar-refractivity contribution in [2.45, 2.75) is 25.7 Å². The van der Waals surface area contributed by atoms with Crippen molar-refractivity contribution in [3.8, 4) is 6.07 Å². The van der Waals surface area contributed by atoms with Crippen LogP contribution in [0.25, 0.3) is 0 Å². The predicted molar refractivity (Wildman–Crippen MR) is 51.6 cm³/mol. The van der Waals surface area contributed by atoms with Crippen molar-refractivity contribution in [3.05, 3.63) is 12.2 Å². The Morgan fingerprint density at radius 1 is 1.73 bits per heavy atom. The number of aryl methyl sites for hydroxylation is 1. The average molecular weight is 204 g/mol. The third-order valence-electron chi connectivity index (χ3n) is 3.02. The Labute approximate surface area is 87.7 Å². The minimum atomic E-state index is -0.846. The monoisotopic (exact) mass is 204 g/mol. The van der Waals surface area contributed by atoms with E-state index < -0.39 is 5.41 Å². The van der Waals surface area contributed by atoms with E-state index in [0.29, 0.717) is 25.1 Å². The van der Waals surface area contributed by atoms with Crippen LogP contribution in [0.2, 0.25) is 0 Å². The van der Waals surface area contributed by atoms with Gasteiger partial charge in [0.05, 0.1) is 6.07 Å². The van der Waals surface area contributed by atoms with Gasteiger partial charge in [-0.25, -0.2) is 4.98 Å². The molecule has 1 aliphatic carbocycles. The average Bonchev–Trinajstić information content (AvgIpc) is 2.77. The first-order valence-electron chi connectivity index (χ1n) is 4.95. The van der Waals surface area contributed by atoms with E-state index in [1.165, 1.54) is 6.33 Å². The number of nitrogens with zero attached hydrogens (tertiary/aromatic N) is 4. The highest BCUT2D eigenvalue weighted by Gasteiger charge is 2.43. The summed E-state index contributed by atoms with van der Waals surface area (Å²) in [4.78, 5) is 15.7. The molecule has 1 saturated carbocycles. The van der Waals surface area contributed by atoms with Crippen molar-refractivity contribution in [1.29, 1.82) is 5.26 Å². The number of hydrogen-bond donors (Lipinski definition) is 0. The number of nitriles is 1. The van der Waals surface area contributed by atoms with E-state index in [-0.39, 0.29) is 5.78 Å². The maximum absolute atomic E-state index is 11.7. The van der Waals surface area contributed by atoms with Crippen LogP contribution in [0.3, 0.4) is 0 Å². The van der Waals surface area contributed by atoms with Gasteiger partial charge < -0.3 is 0 Å². The molecule has 1 fully saturated rings. The van der Waals surface area contributed by atoms with Crippen molar-refractivity contribution in [2.24, 2.45) is 12.5 Å². The van der Waals surface area contributed by atoms with Crippen molar-refractivity contribution in [3.63, 3.8) is 0 Å². The molecule has 78 valence electrons. The molecule has 5 nitrogen and oxygen atoms in total. The van der Waals surface area contributed by atoms with Crippen LogP contribution in [0.1, 0.15) is 25.1 Å². The zero-order chi connectivity index (χ0) is 10.9. The Kier molecular flexibility index (Phi) is 2.27. The Morgan fingerprint density at radius 2 is 2.53 bits per heavy atom. The first-order valence-corrected chi connectivity index (χ1v) is 4.95. The predicted octanol–water partition coefficient (Wildman–Crippen LogP) is 0.621. The highest BCUT2D eigenvalue weighted by Crippen LogP contribution is 2.36. The zero-order valence-corrected chi connectivity index (χ0v) is 8.60. The fraction of sp³-hybridized carbons (Fsp3) is 0.600. The Balaban J connectivity index is 2.27. The molecule has 2 rings (SSSR count). The lowest BCUT2D eigenvalue weighted by Gasteiger charge is -2.17. The number of carbonyl (C=O) groups excluding carboxylic acids is 1. The third-order valence-corrected chi connectivity index (χ3v) is 3.02. The topological polar surface area (TPSA) is 71.6 Å². The highest BCUT2D eigenvalue weighted by molar-refractivity contribution is 5.89. The second kappa shape index (κ2) is 3.46. The van der Waals surface area contributed by atoms with Crippen molar-refractivity contribution in [2.75, 3.05) is 0 Å². The molecule has 0 aromatic carbocycles. The molecule has 0 spiro atoms. The Bertz CT molecular complexity index is 431. The molecule has 0 N–H and O–H groups in total. The van der Waals surface area contributed by atoms with Gasteiger partial charge >= 0.3 is 0 Å². The van der Waals surface area contributed by atoms with E-state index >= 15 is 0 Å². The maximum Gasteiger partial charge on any atom is 0.153 e. The largest absolute Gasteiger partial charge is 0.298 e. The maximum atomic E-state index is 11.7. The van der Waals surface area contributed by atoms with Gasteiger partial charge in [0.15, 0.2) is 5.78 Å². The first kappa shape index (κ1) is 9.84. The van der Waals surface area contributed by atoms with Crippen molar-refractivity contribution in [1.82, 2.24) is 14.8 Å². The Morgan fingerprint density at radius 3 is 3.00 bits per heavy atom. The third kappa shape index (κ3) is 1.52. The van der Waals surface area contributed by atoms with Gasteiger partial charge in [-0.3, -0.25) is 9.48 Å².